The smallest absolute Gasteiger partial charge is 0.343 e. The van der Waals surface area contributed by atoms with E-state index in [0.717, 1.165) is 0 Å². The molecule has 0 aliphatic heterocycles. The second-order valence-corrected chi connectivity index (χ2v) is 6.47. The normalized spacial score (nSPS) is 9.94. The molecule has 0 atom stereocenters. The third-order valence-corrected chi connectivity index (χ3v) is 4.48. The van der Waals surface area contributed by atoms with E-state index in [2.05, 4.69) is 5.32 Å². The van der Waals surface area contributed by atoms with E-state index in [1.165, 1.54) is 39.5 Å². The number of methoxy groups -OCH3 is 3. The Kier molecular flexibility index (Phi) is 6.93. The number of nitriles is 1. The van der Waals surface area contributed by atoms with Crippen molar-refractivity contribution in [1.29, 1.82) is 5.26 Å². The Balaban J connectivity index is 1.98. The van der Waals surface area contributed by atoms with Gasteiger partial charge in [0.2, 0.25) is 0 Å². The van der Waals surface area contributed by atoms with Crippen molar-refractivity contribution in [2.75, 3.05) is 26.6 Å². The molecule has 0 spiro atoms. The molecule has 0 saturated carbocycles. The van der Waals surface area contributed by atoms with Gasteiger partial charge in [-0.05, 0) is 42.5 Å². The molecule has 0 unspecified atom stereocenters. The molecule has 0 saturated heterocycles. The summed E-state index contributed by atoms with van der Waals surface area (Å²) in [4.78, 5) is 25.6. The van der Waals surface area contributed by atoms with Crippen molar-refractivity contribution in [3.63, 3.8) is 0 Å². The summed E-state index contributed by atoms with van der Waals surface area (Å²) in [6, 6.07) is 17.8. The van der Waals surface area contributed by atoms with Gasteiger partial charge in [0.05, 0.1) is 44.2 Å². The van der Waals surface area contributed by atoms with Crippen LogP contribution in [0.25, 0.3) is 0 Å². The van der Waals surface area contributed by atoms with E-state index in [1.54, 1.807) is 42.5 Å². The van der Waals surface area contributed by atoms with Crippen LogP contribution in [0.1, 0.15) is 26.3 Å². The van der Waals surface area contributed by atoms with E-state index in [0.29, 0.717) is 17.1 Å². The highest BCUT2D eigenvalue weighted by Gasteiger charge is 2.21. The summed E-state index contributed by atoms with van der Waals surface area (Å²) in [5.74, 6) is -0.108. The average molecular weight is 432 g/mol. The number of carbonyl (C=O) groups excluding carboxylic acids is 2. The highest BCUT2D eigenvalue weighted by molar-refractivity contribution is 6.06. The van der Waals surface area contributed by atoms with Gasteiger partial charge in [-0.25, -0.2) is 4.79 Å². The maximum absolute atomic E-state index is 12.8. The van der Waals surface area contributed by atoms with Crippen molar-refractivity contribution < 1.29 is 28.5 Å². The lowest BCUT2D eigenvalue weighted by molar-refractivity contribution is 0.0729. The molecule has 3 rings (SSSR count). The van der Waals surface area contributed by atoms with E-state index in [-0.39, 0.29) is 28.3 Å². The number of amides is 1. The van der Waals surface area contributed by atoms with Gasteiger partial charge in [-0.1, -0.05) is 12.1 Å². The Morgan fingerprint density at radius 2 is 1.47 bits per heavy atom. The molecule has 162 valence electrons. The summed E-state index contributed by atoms with van der Waals surface area (Å²) in [6.07, 6.45) is 0. The third-order valence-electron chi connectivity index (χ3n) is 4.48. The lowest BCUT2D eigenvalue weighted by Crippen LogP contribution is -2.16. The molecule has 0 aromatic heterocycles. The molecule has 0 aliphatic carbocycles. The zero-order chi connectivity index (χ0) is 23.1. The number of hydrogen-bond donors (Lipinski definition) is 1. The first-order chi connectivity index (χ1) is 15.5. The number of carbonyl (C=O) groups is 2. The van der Waals surface area contributed by atoms with Crippen LogP contribution < -0.4 is 24.3 Å². The first-order valence-electron chi connectivity index (χ1n) is 9.42. The topological polar surface area (TPSA) is 107 Å². The standard InChI is InChI=1S/C24H20N2O6/c1-29-18-8-4-6-16(12-18)23(27)26-20-10-15(14-25)11-21(31-3)22(20)32-24(28)17-7-5-9-19(13-17)30-2/h4-13H,1-3H3,(H,26,27). The van der Waals surface area contributed by atoms with Crippen LogP contribution in [0.4, 0.5) is 5.69 Å². The van der Waals surface area contributed by atoms with Crippen LogP contribution in [0, 0.1) is 11.3 Å². The highest BCUT2D eigenvalue weighted by atomic mass is 16.6. The molecule has 32 heavy (non-hydrogen) atoms. The van der Waals surface area contributed by atoms with Gasteiger partial charge in [0, 0.05) is 11.6 Å². The molecule has 3 aromatic rings. The summed E-state index contributed by atoms with van der Waals surface area (Å²) in [7, 11) is 4.35. The summed E-state index contributed by atoms with van der Waals surface area (Å²) in [6.45, 7) is 0. The predicted octanol–water partition coefficient (Wildman–Crippen LogP) is 4.06. The first-order valence-corrected chi connectivity index (χ1v) is 9.42. The number of nitrogens with zero attached hydrogens (tertiary/aromatic N) is 1. The van der Waals surface area contributed by atoms with E-state index in [4.69, 9.17) is 18.9 Å². The van der Waals surface area contributed by atoms with Crippen molar-refractivity contribution >= 4 is 17.6 Å². The molecule has 0 radical (unpaired) electrons. The quantitative estimate of drug-likeness (QED) is 0.443. The van der Waals surface area contributed by atoms with Crippen molar-refractivity contribution in [2.45, 2.75) is 0 Å². The number of nitrogens with one attached hydrogen (secondary N) is 1. The van der Waals surface area contributed by atoms with Gasteiger partial charge in [-0.3, -0.25) is 4.79 Å². The second-order valence-electron chi connectivity index (χ2n) is 6.47. The minimum absolute atomic E-state index is 0.0319. The summed E-state index contributed by atoms with van der Waals surface area (Å²) >= 11 is 0. The van der Waals surface area contributed by atoms with Crippen molar-refractivity contribution in [3.8, 4) is 29.1 Å². The summed E-state index contributed by atoms with van der Waals surface area (Å²) in [5.41, 5.74) is 0.866. The minimum atomic E-state index is -0.691. The fraction of sp³-hybridized carbons (Fsp3) is 0.125. The molecule has 0 aliphatic rings. The first kappa shape index (κ1) is 22.2. The molecule has 1 amide bonds. The zero-order valence-electron chi connectivity index (χ0n) is 17.7. The van der Waals surface area contributed by atoms with Gasteiger partial charge in [0.25, 0.3) is 5.91 Å². The number of hydrogen-bond acceptors (Lipinski definition) is 7. The number of anilines is 1. The fourth-order valence-corrected chi connectivity index (χ4v) is 2.88. The Bertz CT molecular complexity index is 1200. The van der Waals surface area contributed by atoms with Crippen LogP contribution in [0.2, 0.25) is 0 Å². The molecule has 3 aromatic carbocycles. The maximum Gasteiger partial charge on any atom is 0.343 e. The van der Waals surface area contributed by atoms with Crippen molar-refractivity contribution in [2.24, 2.45) is 0 Å². The van der Waals surface area contributed by atoms with Crippen molar-refractivity contribution in [1.82, 2.24) is 0 Å². The van der Waals surface area contributed by atoms with E-state index >= 15 is 0 Å². The molecule has 0 bridgehead atoms. The molecule has 0 fully saturated rings. The molecule has 0 heterocycles. The molecule has 1 N–H and O–H groups in total. The number of rotatable bonds is 7. The molecule has 8 nitrogen and oxygen atoms in total. The Hall–Kier alpha value is -4.51. The van der Waals surface area contributed by atoms with Gasteiger partial charge >= 0.3 is 5.97 Å². The fourth-order valence-electron chi connectivity index (χ4n) is 2.88. The van der Waals surface area contributed by atoms with Crippen LogP contribution in [0.5, 0.6) is 23.0 Å². The molecule has 8 heteroatoms. The van der Waals surface area contributed by atoms with Gasteiger partial charge < -0.3 is 24.3 Å². The Labute approximate surface area is 184 Å². The Morgan fingerprint density at radius 3 is 2.06 bits per heavy atom. The van der Waals surface area contributed by atoms with Crippen LogP contribution >= 0.6 is 0 Å². The largest absolute Gasteiger partial charge is 0.497 e. The van der Waals surface area contributed by atoms with Gasteiger partial charge in [0.1, 0.15) is 11.5 Å². The Morgan fingerprint density at radius 1 is 0.844 bits per heavy atom. The summed E-state index contributed by atoms with van der Waals surface area (Å²) in [5, 5.41) is 12.0. The highest BCUT2D eigenvalue weighted by Crippen LogP contribution is 2.38. The molecular formula is C24H20N2O6. The lowest BCUT2D eigenvalue weighted by Gasteiger charge is -2.16. The lowest BCUT2D eigenvalue weighted by atomic mass is 10.1. The second kappa shape index (κ2) is 10.00. The zero-order valence-corrected chi connectivity index (χ0v) is 17.7. The van der Waals surface area contributed by atoms with Gasteiger partial charge in [0.15, 0.2) is 11.5 Å². The van der Waals surface area contributed by atoms with E-state index in [9.17, 15) is 14.9 Å². The van der Waals surface area contributed by atoms with E-state index in [1.807, 2.05) is 6.07 Å². The van der Waals surface area contributed by atoms with E-state index < -0.39 is 11.9 Å². The monoisotopic (exact) mass is 432 g/mol. The third kappa shape index (κ3) is 4.96. The number of benzene rings is 3. The average Bonchev–Trinajstić information content (AvgIpc) is 2.84. The van der Waals surface area contributed by atoms with Crippen molar-refractivity contribution in [3.05, 3.63) is 77.4 Å². The number of ether oxygens (including phenoxy) is 4. The van der Waals surface area contributed by atoms with Crippen LogP contribution in [-0.2, 0) is 0 Å². The van der Waals surface area contributed by atoms with Crippen LogP contribution in [0.15, 0.2) is 60.7 Å². The minimum Gasteiger partial charge on any atom is -0.497 e. The SMILES string of the molecule is COc1cccc(C(=O)Nc2cc(C#N)cc(OC)c2OC(=O)c2cccc(OC)c2)c1. The van der Waals surface area contributed by atoms with Crippen LogP contribution in [-0.4, -0.2) is 33.2 Å². The molecular weight excluding hydrogens is 412 g/mol. The predicted molar refractivity (Wildman–Crippen MR) is 117 cm³/mol. The maximum atomic E-state index is 12.8. The summed E-state index contributed by atoms with van der Waals surface area (Å²) < 4.78 is 21.2. The number of esters is 1. The van der Waals surface area contributed by atoms with Crippen LogP contribution in [0.3, 0.4) is 0 Å². The van der Waals surface area contributed by atoms with Gasteiger partial charge in [-0.15, -0.1) is 0 Å². The van der Waals surface area contributed by atoms with Gasteiger partial charge in [-0.2, -0.15) is 5.26 Å².